The molecular weight excluding hydrogens is 306 g/mol. The zero-order chi connectivity index (χ0) is 17.4. The second-order valence-corrected chi connectivity index (χ2v) is 7.71. The van der Waals surface area contributed by atoms with Crippen molar-refractivity contribution in [3.8, 4) is 11.1 Å². The summed E-state index contributed by atoms with van der Waals surface area (Å²) in [5, 5.41) is 4.54. The van der Waals surface area contributed by atoms with Crippen LogP contribution in [0.15, 0.2) is 29.8 Å². The van der Waals surface area contributed by atoms with E-state index in [0.717, 1.165) is 11.7 Å². The Balaban J connectivity index is 1.45. The number of rotatable bonds is 3. The molecule has 25 heavy (non-hydrogen) atoms. The van der Waals surface area contributed by atoms with Crippen LogP contribution in [0.5, 0.6) is 0 Å². The number of likely N-dealkylation sites (tertiary alicyclic amines) is 1. The second-order valence-electron chi connectivity index (χ2n) is 7.71. The summed E-state index contributed by atoms with van der Waals surface area (Å²) >= 11 is 0. The van der Waals surface area contributed by atoms with Gasteiger partial charge in [-0.1, -0.05) is 42.3 Å². The summed E-state index contributed by atoms with van der Waals surface area (Å²) in [6.07, 6.45) is 9.16. The maximum atomic E-state index is 4.54. The Hall–Kier alpha value is -1.87. The normalized spacial score (nSPS) is 19.1. The molecule has 0 spiro atoms. The number of aryl methyl sites for hydroxylation is 2. The molecule has 2 heterocycles. The first-order chi connectivity index (χ1) is 12.1. The fourth-order valence-corrected chi connectivity index (χ4v) is 4.25. The second kappa shape index (κ2) is 6.80. The SMILES string of the molecule is Cc1nn(C)c(C)c1-c1ccc(C=C2CCN(C3CCC3)CC2)cc1. The van der Waals surface area contributed by atoms with E-state index in [1.807, 2.05) is 11.7 Å². The van der Waals surface area contributed by atoms with Gasteiger partial charge < -0.3 is 0 Å². The lowest BCUT2D eigenvalue weighted by atomic mass is 9.89. The predicted octanol–water partition coefficient (Wildman–Crippen LogP) is 4.74. The molecule has 0 amide bonds. The van der Waals surface area contributed by atoms with E-state index in [1.165, 1.54) is 67.6 Å². The fraction of sp³-hybridized carbons (Fsp3) is 0.500. The molecule has 1 aliphatic carbocycles. The third kappa shape index (κ3) is 3.30. The molecule has 1 aromatic carbocycles. The molecule has 0 atom stereocenters. The molecule has 1 saturated carbocycles. The van der Waals surface area contributed by atoms with Crippen LogP contribution in [0.2, 0.25) is 0 Å². The predicted molar refractivity (Wildman–Crippen MR) is 105 cm³/mol. The smallest absolute Gasteiger partial charge is 0.0674 e. The number of benzene rings is 1. The Morgan fingerprint density at radius 3 is 2.24 bits per heavy atom. The number of hydrogen-bond donors (Lipinski definition) is 0. The van der Waals surface area contributed by atoms with E-state index < -0.39 is 0 Å². The molecule has 1 aliphatic heterocycles. The van der Waals surface area contributed by atoms with Gasteiger partial charge in [0.2, 0.25) is 0 Å². The maximum absolute atomic E-state index is 4.54. The summed E-state index contributed by atoms with van der Waals surface area (Å²) in [7, 11) is 2.01. The van der Waals surface area contributed by atoms with Gasteiger partial charge in [-0.25, -0.2) is 0 Å². The molecule has 132 valence electrons. The molecule has 1 saturated heterocycles. The van der Waals surface area contributed by atoms with Crippen molar-refractivity contribution in [3.63, 3.8) is 0 Å². The Morgan fingerprint density at radius 1 is 1.04 bits per heavy atom. The number of hydrogen-bond acceptors (Lipinski definition) is 2. The standard InChI is InChI=1S/C22H29N3/c1-16-22(17(2)24(3)23-16)20-9-7-18(8-10-20)15-19-11-13-25(14-12-19)21-5-4-6-21/h7-10,15,21H,4-6,11-14H2,1-3H3. The minimum Gasteiger partial charge on any atom is -0.300 e. The molecule has 3 heteroatoms. The van der Waals surface area contributed by atoms with Gasteiger partial charge in [-0.15, -0.1) is 0 Å². The summed E-state index contributed by atoms with van der Waals surface area (Å²) in [5.41, 5.74) is 7.81. The van der Waals surface area contributed by atoms with Crippen molar-refractivity contribution in [1.29, 1.82) is 0 Å². The summed E-state index contributed by atoms with van der Waals surface area (Å²) in [6, 6.07) is 9.89. The molecule has 2 aromatic rings. The minimum absolute atomic E-state index is 0.895. The van der Waals surface area contributed by atoms with Crippen LogP contribution < -0.4 is 0 Å². The highest BCUT2D eigenvalue weighted by molar-refractivity contribution is 5.70. The Kier molecular flexibility index (Phi) is 4.51. The molecule has 0 unspecified atom stereocenters. The molecular formula is C22H29N3. The number of piperidine rings is 1. The van der Waals surface area contributed by atoms with Gasteiger partial charge >= 0.3 is 0 Å². The van der Waals surface area contributed by atoms with Crippen LogP contribution >= 0.6 is 0 Å². The monoisotopic (exact) mass is 335 g/mol. The topological polar surface area (TPSA) is 21.1 Å². The lowest BCUT2D eigenvalue weighted by molar-refractivity contribution is 0.118. The molecule has 2 fully saturated rings. The van der Waals surface area contributed by atoms with Crippen molar-refractivity contribution in [3.05, 3.63) is 46.8 Å². The number of nitrogens with zero attached hydrogens (tertiary/aromatic N) is 3. The Morgan fingerprint density at radius 2 is 1.72 bits per heavy atom. The van der Waals surface area contributed by atoms with E-state index in [0.29, 0.717) is 0 Å². The summed E-state index contributed by atoms with van der Waals surface area (Å²) in [4.78, 5) is 2.71. The quantitative estimate of drug-likeness (QED) is 0.808. The van der Waals surface area contributed by atoms with Gasteiger partial charge in [-0.3, -0.25) is 9.58 Å². The molecule has 0 N–H and O–H groups in total. The fourth-order valence-electron chi connectivity index (χ4n) is 4.25. The van der Waals surface area contributed by atoms with Gasteiger partial charge in [0.15, 0.2) is 0 Å². The van der Waals surface area contributed by atoms with Crippen molar-refractivity contribution in [2.75, 3.05) is 13.1 Å². The van der Waals surface area contributed by atoms with Gasteiger partial charge in [0, 0.05) is 37.4 Å². The van der Waals surface area contributed by atoms with Crippen LogP contribution in [0, 0.1) is 13.8 Å². The highest BCUT2D eigenvalue weighted by Crippen LogP contribution is 2.30. The van der Waals surface area contributed by atoms with Crippen molar-refractivity contribution in [1.82, 2.24) is 14.7 Å². The van der Waals surface area contributed by atoms with Crippen LogP contribution in [0.1, 0.15) is 49.1 Å². The van der Waals surface area contributed by atoms with Crippen LogP contribution in [0.25, 0.3) is 17.2 Å². The average Bonchev–Trinajstić information content (AvgIpc) is 2.81. The molecule has 4 rings (SSSR count). The summed E-state index contributed by atoms with van der Waals surface area (Å²) in [6.45, 7) is 6.74. The van der Waals surface area contributed by atoms with Crippen molar-refractivity contribution in [2.24, 2.45) is 7.05 Å². The average molecular weight is 335 g/mol. The van der Waals surface area contributed by atoms with Gasteiger partial charge in [0.1, 0.15) is 0 Å². The van der Waals surface area contributed by atoms with E-state index in [-0.39, 0.29) is 0 Å². The Bertz CT molecular complexity index is 768. The van der Waals surface area contributed by atoms with Crippen LogP contribution in [-0.2, 0) is 7.05 Å². The van der Waals surface area contributed by atoms with Gasteiger partial charge in [0.25, 0.3) is 0 Å². The highest BCUT2D eigenvalue weighted by Gasteiger charge is 2.26. The highest BCUT2D eigenvalue weighted by atomic mass is 15.3. The van der Waals surface area contributed by atoms with Crippen molar-refractivity contribution < 1.29 is 0 Å². The van der Waals surface area contributed by atoms with E-state index in [9.17, 15) is 0 Å². The first-order valence-corrected chi connectivity index (χ1v) is 9.66. The molecule has 2 aliphatic rings. The lowest BCUT2D eigenvalue weighted by Gasteiger charge is -2.40. The zero-order valence-corrected chi connectivity index (χ0v) is 15.8. The third-order valence-electron chi connectivity index (χ3n) is 6.11. The van der Waals surface area contributed by atoms with Crippen molar-refractivity contribution >= 4 is 6.08 Å². The first kappa shape index (κ1) is 16.6. The summed E-state index contributed by atoms with van der Waals surface area (Å²) in [5.74, 6) is 0. The molecule has 1 aromatic heterocycles. The van der Waals surface area contributed by atoms with Crippen molar-refractivity contribution in [2.45, 2.75) is 52.0 Å². The van der Waals surface area contributed by atoms with E-state index >= 15 is 0 Å². The van der Waals surface area contributed by atoms with E-state index in [2.05, 4.69) is 54.2 Å². The lowest BCUT2D eigenvalue weighted by Crippen LogP contribution is -2.43. The maximum Gasteiger partial charge on any atom is 0.0674 e. The third-order valence-corrected chi connectivity index (χ3v) is 6.11. The molecule has 0 radical (unpaired) electrons. The largest absolute Gasteiger partial charge is 0.300 e. The van der Waals surface area contributed by atoms with E-state index in [4.69, 9.17) is 0 Å². The summed E-state index contributed by atoms with van der Waals surface area (Å²) < 4.78 is 1.97. The first-order valence-electron chi connectivity index (χ1n) is 9.66. The van der Waals surface area contributed by atoms with Crippen LogP contribution in [-0.4, -0.2) is 33.8 Å². The van der Waals surface area contributed by atoms with Gasteiger partial charge in [0.05, 0.1) is 5.69 Å². The molecule has 3 nitrogen and oxygen atoms in total. The van der Waals surface area contributed by atoms with Crippen LogP contribution in [0.4, 0.5) is 0 Å². The van der Waals surface area contributed by atoms with Crippen LogP contribution in [0.3, 0.4) is 0 Å². The van der Waals surface area contributed by atoms with Gasteiger partial charge in [-0.05, 0) is 50.7 Å². The number of aromatic nitrogens is 2. The van der Waals surface area contributed by atoms with E-state index in [1.54, 1.807) is 5.57 Å². The van der Waals surface area contributed by atoms with Gasteiger partial charge in [-0.2, -0.15) is 5.10 Å². The molecule has 0 bridgehead atoms. The Labute approximate surface area is 151 Å². The zero-order valence-electron chi connectivity index (χ0n) is 15.8. The minimum atomic E-state index is 0.895.